The Kier molecular flexibility index (Phi) is 3.06. The van der Waals surface area contributed by atoms with Crippen LogP contribution in [0.5, 0.6) is 0 Å². The van der Waals surface area contributed by atoms with Crippen LogP contribution in [0.1, 0.15) is 12.0 Å². The molecule has 2 rings (SSSR count). The van der Waals surface area contributed by atoms with Crippen LogP contribution < -0.4 is 5.73 Å². The number of amides is 1. The topological polar surface area (TPSA) is 46.3 Å². The summed E-state index contributed by atoms with van der Waals surface area (Å²) >= 11 is 0. The fourth-order valence-electron chi connectivity index (χ4n) is 1.87. The van der Waals surface area contributed by atoms with Gasteiger partial charge in [0.25, 0.3) is 0 Å². The van der Waals surface area contributed by atoms with Crippen LogP contribution >= 0.6 is 0 Å². The first kappa shape index (κ1) is 11.9. The van der Waals surface area contributed by atoms with Gasteiger partial charge in [-0.1, -0.05) is 0 Å². The van der Waals surface area contributed by atoms with Gasteiger partial charge in [0.1, 0.15) is 17.5 Å². The fraction of sp³-hybridized carbons (Fsp3) is 0.364. The van der Waals surface area contributed by atoms with Crippen molar-refractivity contribution in [3.63, 3.8) is 0 Å². The maximum Gasteiger partial charge on any atom is 0.224 e. The number of likely N-dealkylation sites (tertiary alicyclic amines) is 1. The molecule has 0 bridgehead atoms. The largest absolute Gasteiger partial charge is 0.337 e. The lowest BCUT2D eigenvalue weighted by Gasteiger charge is -2.16. The van der Waals surface area contributed by atoms with E-state index >= 15 is 0 Å². The predicted octanol–water partition coefficient (Wildman–Crippen LogP) is 1.16. The van der Waals surface area contributed by atoms with Gasteiger partial charge >= 0.3 is 0 Å². The van der Waals surface area contributed by atoms with E-state index in [9.17, 15) is 18.0 Å². The van der Waals surface area contributed by atoms with Gasteiger partial charge in [0.15, 0.2) is 0 Å². The van der Waals surface area contributed by atoms with Crippen molar-refractivity contribution in [3.05, 3.63) is 35.1 Å². The second-order valence-electron chi connectivity index (χ2n) is 4.09. The number of halogens is 3. The maximum absolute atomic E-state index is 13.3. The van der Waals surface area contributed by atoms with Gasteiger partial charge in [0.2, 0.25) is 5.91 Å². The van der Waals surface area contributed by atoms with E-state index < -0.39 is 17.5 Å². The summed E-state index contributed by atoms with van der Waals surface area (Å²) in [5.74, 6) is -3.21. The summed E-state index contributed by atoms with van der Waals surface area (Å²) in [4.78, 5) is 12.7. The summed E-state index contributed by atoms with van der Waals surface area (Å²) in [6.07, 6.45) is 0.171. The number of carbonyl (C=O) groups is 1. The van der Waals surface area contributed by atoms with Crippen LogP contribution in [-0.2, 0) is 11.3 Å². The molecular weight excluding hydrogens is 233 g/mol. The summed E-state index contributed by atoms with van der Waals surface area (Å²) < 4.78 is 39.4. The van der Waals surface area contributed by atoms with Crippen LogP contribution in [0.4, 0.5) is 13.2 Å². The Morgan fingerprint density at radius 2 is 1.88 bits per heavy atom. The lowest BCUT2D eigenvalue weighted by atomic mass is 10.2. The van der Waals surface area contributed by atoms with E-state index in [1.165, 1.54) is 4.90 Å². The number of rotatable bonds is 2. The number of hydrogen-bond donors (Lipinski definition) is 1. The second kappa shape index (κ2) is 4.37. The van der Waals surface area contributed by atoms with Gasteiger partial charge < -0.3 is 10.6 Å². The van der Waals surface area contributed by atoms with Gasteiger partial charge in [0, 0.05) is 36.7 Å². The Bertz CT molecular complexity index is 441. The van der Waals surface area contributed by atoms with Crippen LogP contribution in [0.2, 0.25) is 0 Å². The van der Waals surface area contributed by atoms with E-state index in [-0.39, 0.29) is 37.0 Å². The molecule has 1 amide bonds. The first-order chi connectivity index (χ1) is 7.97. The Balaban J connectivity index is 2.22. The molecule has 0 saturated carbocycles. The molecule has 1 atom stereocenters. The molecule has 1 heterocycles. The van der Waals surface area contributed by atoms with Gasteiger partial charge in [-0.3, -0.25) is 4.79 Å². The first-order valence-electron chi connectivity index (χ1n) is 5.14. The molecule has 0 aromatic heterocycles. The quantitative estimate of drug-likeness (QED) is 0.848. The van der Waals surface area contributed by atoms with Gasteiger partial charge in [0.05, 0.1) is 6.54 Å². The molecule has 92 valence electrons. The minimum Gasteiger partial charge on any atom is -0.337 e. The molecule has 0 spiro atoms. The highest BCUT2D eigenvalue weighted by atomic mass is 19.1. The zero-order valence-corrected chi connectivity index (χ0v) is 8.92. The molecule has 1 aromatic carbocycles. The molecule has 2 N–H and O–H groups in total. The highest BCUT2D eigenvalue weighted by Gasteiger charge is 2.28. The summed E-state index contributed by atoms with van der Waals surface area (Å²) in [5, 5.41) is 0. The van der Waals surface area contributed by atoms with Crippen LogP contribution in [-0.4, -0.2) is 23.4 Å². The van der Waals surface area contributed by atoms with Crippen LogP contribution in [0.15, 0.2) is 12.1 Å². The molecule has 1 aliphatic rings. The molecule has 0 aliphatic carbocycles. The van der Waals surface area contributed by atoms with Crippen LogP contribution in [0.3, 0.4) is 0 Å². The van der Waals surface area contributed by atoms with E-state index in [4.69, 9.17) is 5.73 Å². The van der Waals surface area contributed by atoms with Gasteiger partial charge in [-0.25, -0.2) is 13.2 Å². The molecule has 17 heavy (non-hydrogen) atoms. The Labute approximate surface area is 96.0 Å². The molecule has 1 aromatic rings. The van der Waals surface area contributed by atoms with Crippen LogP contribution in [0.25, 0.3) is 0 Å². The number of hydrogen-bond acceptors (Lipinski definition) is 2. The van der Waals surface area contributed by atoms with Gasteiger partial charge in [-0.05, 0) is 0 Å². The van der Waals surface area contributed by atoms with Crippen molar-refractivity contribution in [2.75, 3.05) is 6.54 Å². The summed E-state index contributed by atoms with van der Waals surface area (Å²) in [6.45, 7) is 0.0412. The zero-order valence-electron chi connectivity index (χ0n) is 8.92. The summed E-state index contributed by atoms with van der Waals surface area (Å²) in [7, 11) is 0. The minimum absolute atomic E-state index is 0.171. The first-order valence-corrected chi connectivity index (χ1v) is 5.14. The summed E-state index contributed by atoms with van der Waals surface area (Å²) in [6, 6.07) is 0.881. The monoisotopic (exact) mass is 244 g/mol. The number of carbonyl (C=O) groups excluding carboxylic acids is 1. The standard InChI is InChI=1S/C11H11F3N2O/c12-6-1-9(13)8(10(14)2-6)5-16-4-7(15)3-11(16)17/h1-2,7H,3-5,15H2. The van der Waals surface area contributed by atoms with Crippen molar-refractivity contribution in [1.29, 1.82) is 0 Å². The number of nitrogens with two attached hydrogens (primary N) is 1. The van der Waals surface area contributed by atoms with Crippen molar-refractivity contribution in [2.24, 2.45) is 5.73 Å². The summed E-state index contributed by atoms with van der Waals surface area (Å²) in [5.41, 5.74) is 5.25. The normalized spacial score (nSPS) is 20.1. The lowest BCUT2D eigenvalue weighted by Crippen LogP contribution is -2.28. The highest BCUT2D eigenvalue weighted by molar-refractivity contribution is 5.79. The van der Waals surface area contributed by atoms with Crippen molar-refractivity contribution in [3.8, 4) is 0 Å². The van der Waals surface area contributed by atoms with Crippen molar-refractivity contribution in [2.45, 2.75) is 19.0 Å². The zero-order chi connectivity index (χ0) is 12.6. The average molecular weight is 244 g/mol. The van der Waals surface area contributed by atoms with Crippen molar-refractivity contribution >= 4 is 5.91 Å². The number of nitrogens with zero attached hydrogens (tertiary/aromatic N) is 1. The molecule has 1 aliphatic heterocycles. The van der Waals surface area contributed by atoms with E-state index in [1.807, 2.05) is 0 Å². The minimum atomic E-state index is -0.990. The van der Waals surface area contributed by atoms with Gasteiger partial charge in [-0.2, -0.15) is 0 Å². The molecule has 3 nitrogen and oxygen atoms in total. The third-order valence-electron chi connectivity index (χ3n) is 2.70. The van der Waals surface area contributed by atoms with Crippen molar-refractivity contribution in [1.82, 2.24) is 4.90 Å². The molecule has 6 heteroatoms. The van der Waals surface area contributed by atoms with E-state index in [0.29, 0.717) is 12.1 Å². The maximum atomic E-state index is 13.3. The third-order valence-corrected chi connectivity index (χ3v) is 2.70. The molecule has 1 fully saturated rings. The Morgan fingerprint density at radius 1 is 1.29 bits per heavy atom. The van der Waals surface area contributed by atoms with Crippen LogP contribution in [0, 0.1) is 17.5 Å². The third kappa shape index (κ3) is 2.41. The fourth-order valence-corrected chi connectivity index (χ4v) is 1.87. The molecular formula is C11H11F3N2O. The average Bonchev–Trinajstić information content (AvgIpc) is 2.51. The smallest absolute Gasteiger partial charge is 0.224 e. The second-order valence-corrected chi connectivity index (χ2v) is 4.09. The molecule has 0 radical (unpaired) electrons. The Morgan fingerprint density at radius 3 is 2.35 bits per heavy atom. The Hall–Kier alpha value is -1.56. The van der Waals surface area contributed by atoms with E-state index in [0.717, 1.165) is 0 Å². The lowest BCUT2D eigenvalue weighted by molar-refractivity contribution is -0.128. The van der Waals surface area contributed by atoms with E-state index in [1.54, 1.807) is 0 Å². The highest BCUT2D eigenvalue weighted by Crippen LogP contribution is 2.19. The van der Waals surface area contributed by atoms with Crippen molar-refractivity contribution < 1.29 is 18.0 Å². The number of benzene rings is 1. The molecule has 1 saturated heterocycles. The van der Waals surface area contributed by atoms with Gasteiger partial charge in [-0.15, -0.1) is 0 Å². The molecule has 1 unspecified atom stereocenters. The SMILES string of the molecule is NC1CC(=O)N(Cc2c(F)cc(F)cc2F)C1. The van der Waals surface area contributed by atoms with E-state index in [2.05, 4.69) is 0 Å². The predicted molar refractivity (Wildman–Crippen MR) is 54.3 cm³/mol.